The van der Waals surface area contributed by atoms with Gasteiger partial charge in [0.25, 0.3) is 0 Å². The van der Waals surface area contributed by atoms with E-state index < -0.39 is 0 Å². The average Bonchev–Trinajstić information content (AvgIpc) is 3.33. The fraction of sp³-hybridized carbons (Fsp3) is 0.100. The summed E-state index contributed by atoms with van der Waals surface area (Å²) in [6, 6.07) is 8.21. The summed E-state index contributed by atoms with van der Waals surface area (Å²) >= 11 is 3.38. The van der Waals surface area contributed by atoms with Gasteiger partial charge in [0.05, 0.1) is 36.2 Å². The highest BCUT2D eigenvalue weighted by Crippen LogP contribution is 2.18. The Morgan fingerprint density at radius 2 is 1.04 bits per heavy atom. The number of hydrogen-bond donors (Lipinski definition) is 0. The van der Waals surface area contributed by atoms with Crippen molar-refractivity contribution in [3.63, 3.8) is 0 Å². The van der Waals surface area contributed by atoms with Gasteiger partial charge in [-0.25, -0.2) is 19.9 Å². The maximum atomic E-state index is 4.40. The lowest BCUT2D eigenvalue weighted by Crippen LogP contribution is -1.93. The van der Waals surface area contributed by atoms with Gasteiger partial charge < -0.3 is 0 Å². The van der Waals surface area contributed by atoms with Crippen LogP contribution in [0.5, 0.6) is 0 Å². The van der Waals surface area contributed by atoms with Gasteiger partial charge in [0.2, 0.25) is 0 Å². The Bertz CT molecular complexity index is 1030. The number of nitrogens with zero attached hydrogens (tertiary/aromatic N) is 6. The molecule has 0 spiro atoms. The van der Waals surface area contributed by atoms with E-state index in [0.29, 0.717) is 23.0 Å². The molecule has 0 aliphatic rings. The van der Waals surface area contributed by atoms with Crippen molar-refractivity contribution in [2.24, 2.45) is 9.98 Å². The predicted octanol–water partition coefficient (Wildman–Crippen LogP) is 5.17. The third-order valence-electron chi connectivity index (χ3n) is 3.68. The first kappa shape index (κ1) is 18.3. The number of aliphatic imine (C=N–C) groups is 2. The van der Waals surface area contributed by atoms with Gasteiger partial charge in [0.15, 0.2) is 11.6 Å². The lowest BCUT2D eigenvalue weighted by atomic mass is 10.4. The molecule has 4 rings (SSSR count). The minimum absolute atomic E-state index is 0.454. The van der Waals surface area contributed by atoms with Crippen LogP contribution < -0.4 is 0 Å². The topological polar surface area (TPSA) is 76.3 Å². The van der Waals surface area contributed by atoms with E-state index >= 15 is 0 Å². The second-order valence-corrected chi connectivity index (χ2v) is 8.58. The standard InChI is InChI=1S/C20H16N6S2/c1-13-3-5-17(27-13)11-21-15-7-23-19(24-8-15)20-25-9-16(10-26-20)22-12-18-6-4-14(2)28-18/h3-12H,1-2H3. The molecule has 138 valence electrons. The monoisotopic (exact) mass is 404 g/mol. The van der Waals surface area contributed by atoms with Gasteiger partial charge in [-0.05, 0) is 38.1 Å². The maximum absolute atomic E-state index is 4.40. The summed E-state index contributed by atoms with van der Waals surface area (Å²) in [5, 5.41) is 0. The zero-order valence-electron chi connectivity index (χ0n) is 15.3. The highest BCUT2D eigenvalue weighted by molar-refractivity contribution is 7.13. The Hall–Kier alpha value is -3.10. The third kappa shape index (κ3) is 4.59. The van der Waals surface area contributed by atoms with Crippen LogP contribution in [0.4, 0.5) is 11.4 Å². The van der Waals surface area contributed by atoms with E-state index in [4.69, 9.17) is 0 Å². The quantitative estimate of drug-likeness (QED) is 0.430. The molecule has 4 aromatic rings. The number of thiophene rings is 2. The first-order valence-electron chi connectivity index (χ1n) is 8.51. The summed E-state index contributed by atoms with van der Waals surface area (Å²) in [6.45, 7) is 4.14. The normalized spacial score (nSPS) is 11.6. The molecule has 0 saturated heterocycles. The molecule has 0 unspecified atom stereocenters. The molecule has 4 aromatic heterocycles. The maximum Gasteiger partial charge on any atom is 0.197 e. The Morgan fingerprint density at radius 1 is 0.643 bits per heavy atom. The number of aryl methyl sites for hydroxylation is 2. The van der Waals surface area contributed by atoms with Crippen LogP contribution in [0.1, 0.15) is 19.5 Å². The van der Waals surface area contributed by atoms with Crippen molar-refractivity contribution in [2.75, 3.05) is 0 Å². The Morgan fingerprint density at radius 3 is 1.36 bits per heavy atom. The van der Waals surface area contributed by atoms with Crippen molar-refractivity contribution < 1.29 is 0 Å². The first-order chi connectivity index (χ1) is 13.7. The zero-order chi connectivity index (χ0) is 19.3. The average molecular weight is 405 g/mol. The van der Waals surface area contributed by atoms with Crippen LogP contribution >= 0.6 is 22.7 Å². The Labute approximate surface area is 170 Å². The molecule has 0 aromatic carbocycles. The Balaban J connectivity index is 1.44. The van der Waals surface area contributed by atoms with Gasteiger partial charge in [0, 0.05) is 31.9 Å². The molecule has 0 saturated carbocycles. The van der Waals surface area contributed by atoms with Crippen LogP contribution in [0.3, 0.4) is 0 Å². The molecule has 0 aliphatic heterocycles. The minimum atomic E-state index is 0.454. The lowest BCUT2D eigenvalue weighted by Gasteiger charge is -1.99. The van der Waals surface area contributed by atoms with Crippen LogP contribution in [-0.2, 0) is 0 Å². The molecule has 0 bridgehead atoms. The van der Waals surface area contributed by atoms with E-state index in [1.807, 2.05) is 24.6 Å². The summed E-state index contributed by atoms with van der Waals surface area (Å²) in [5.74, 6) is 0.908. The molecule has 0 aliphatic carbocycles. The van der Waals surface area contributed by atoms with Crippen molar-refractivity contribution in [1.29, 1.82) is 0 Å². The number of hydrogen-bond acceptors (Lipinski definition) is 8. The molecule has 0 fully saturated rings. The highest BCUT2D eigenvalue weighted by Gasteiger charge is 2.05. The van der Waals surface area contributed by atoms with E-state index in [-0.39, 0.29) is 0 Å². The summed E-state index contributed by atoms with van der Waals surface area (Å²) in [7, 11) is 0. The summed E-state index contributed by atoms with van der Waals surface area (Å²) < 4.78 is 0. The van der Waals surface area contributed by atoms with Crippen LogP contribution in [-0.4, -0.2) is 32.4 Å². The minimum Gasteiger partial charge on any atom is -0.252 e. The summed E-state index contributed by atoms with van der Waals surface area (Å²) in [4.78, 5) is 30.7. The lowest BCUT2D eigenvalue weighted by molar-refractivity contribution is 1.07. The van der Waals surface area contributed by atoms with Gasteiger partial charge in [-0.3, -0.25) is 9.98 Å². The number of aromatic nitrogens is 4. The van der Waals surface area contributed by atoms with E-state index in [0.717, 1.165) is 9.75 Å². The van der Waals surface area contributed by atoms with Gasteiger partial charge >= 0.3 is 0 Å². The third-order valence-corrected chi connectivity index (χ3v) is 5.55. The second kappa shape index (κ2) is 8.28. The van der Waals surface area contributed by atoms with Gasteiger partial charge in [-0.1, -0.05) is 0 Å². The SMILES string of the molecule is Cc1ccc(C=Nc2cnc(-c3ncc(N=Cc4ccc(C)s4)cn3)nc2)s1. The molecule has 0 N–H and O–H groups in total. The Kier molecular flexibility index (Phi) is 5.41. The van der Waals surface area contributed by atoms with Crippen molar-refractivity contribution >= 4 is 46.5 Å². The molecular formula is C20H16N6S2. The van der Waals surface area contributed by atoms with E-state index in [2.05, 4.69) is 55.9 Å². The van der Waals surface area contributed by atoms with Crippen LogP contribution in [0.25, 0.3) is 11.6 Å². The summed E-state index contributed by atoms with van der Waals surface area (Å²) in [6.07, 6.45) is 10.3. The van der Waals surface area contributed by atoms with Crippen molar-refractivity contribution in [1.82, 2.24) is 19.9 Å². The smallest absolute Gasteiger partial charge is 0.197 e. The zero-order valence-corrected chi connectivity index (χ0v) is 16.9. The predicted molar refractivity (Wildman–Crippen MR) is 116 cm³/mol. The highest BCUT2D eigenvalue weighted by atomic mass is 32.1. The van der Waals surface area contributed by atoms with Gasteiger partial charge in [-0.15, -0.1) is 22.7 Å². The van der Waals surface area contributed by atoms with E-state index in [1.165, 1.54) is 9.75 Å². The molecule has 8 heteroatoms. The number of rotatable bonds is 5. The van der Waals surface area contributed by atoms with E-state index in [1.54, 1.807) is 47.5 Å². The van der Waals surface area contributed by atoms with Crippen LogP contribution in [0, 0.1) is 13.8 Å². The van der Waals surface area contributed by atoms with Crippen molar-refractivity contribution in [3.8, 4) is 11.6 Å². The van der Waals surface area contributed by atoms with Crippen molar-refractivity contribution in [2.45, 2.75) is 13.8 Å². The van der Waals surface area contributed by atoms with Gasteiger partial charge in [0.1, 0.15) is 0 Å². The van der Waals surface area contributed by atoms with Crippen LogP contribution in [0.2, 0.25) is 0 Å². The molecule has 0 amide bonds. The first-order valence-corrected chi connectivity index (χ1v) is 10.1. The molecule has 0 atom stereocenters. The molecule has 0 radical (unpaired) electrons. The molecule has 6 nitrogen and oxygen atoms in total. The fourth-order valence-electron chi connectivity index (χ4n) is 2.33. The van der Waals surface area contributed by atoms with Gasteiger partial charge in [-0.2, -0.15) is 0 Å². The molecule has 28 heavy (non-hydrogen) atoms. The fourth-order valence-corrected chi connectivity index (χ4v) is 3.83. The van der Waals surface area contributed by atoms with Crippen molar-refractivity contribution in [3.05, 3.63) is 68.6 Å². The molecular weight excluding hydrogens is 388 g/mol. The second-order valence-electron chi connectivity index (χ2n) is 5.94. The van der Waals surface area contributed by atoms with E-state index in [9.17, 15) is 0 Å². The largest absolute Gasteiger partial charge is 0.252 e. The van der Waals surface area contributed by atoms with Crippen LogP contribution in [0.15, 0.2) is 59.0 Å². The summed E-state index contributed by atoms with van der Waals surface area (Å²) in [5.41, 5.74) is 1.37. The molecule has 4 heterocycles.